The van der Waals surface area contributed by atoms with Crippen LogP contribution in [0.1, 0.15) is 64.2 Å². The van der Waals surface area contributed by atoms with E-state index in [0.29, 0.717) is 11.3 Å². The number of nitrogens with one attached hydrogen (secondary N) is 2. The molecule has 1 aliphatic heterocycles. The van der Waals surface area contributed by atoms with Gasteiger partial charge in [-0.1, -0.05) is 0 Å². The van der Waals surface area contributed by atoms with E-state index in [1.807, 2.05) is 6.21 Å². The smallest absolute Gasteiger partial charge is 0.206 e. The summed E-state index contributed by atoms with van der Waals surface area (Å²) in [6.45, 7) is 5.54. The first kappa shape index (κ1) is 19.6. The normalized spacial score (nSPS) is 33.1. The van der Waals surface area contributed by atoms with Gasteiger partial charge in [0.25, 0.3) is 0 Å². The number of likely N-dealkylation sites (tertiary alicyclic amines) is 1. The van der Waals surface area contributed by atoms with Crippen LogP contribution in [0.5, 0.6) is 0 Å². The van der Waals surface area contributed by atoms with Gasteiger partial charge in [-0.05, 0) is 94.5 Å². The molecule has 4 N–H and O–H groups in total. The zero-order chi connectivity index (χ0) is 18.2. The number of ether oxygens (including phenoxy) is 1. The van der Waals surface area contributed by atoms with E-state index in [9.17, 15) is 0 Å². The molecule has 0 atom stereocenters. The molecule has 0 radical (unpaired) electrons. The number of hydrazone groups is 1. The predicted octanol–water partition coefficient (Wildman–Crippen LogP) is 2.93. The molecular weight excluding hydrogens is 326 g/mol. The largest absolute Gasteiger partial charge is 0.380 e. The molecule has 26 heavy (non-hydrogen) atoms. The number of rotatable bonds is 7. The van der Waals surface area contributed by atoms with Crippen LogP contribution in [0.3, 0.4) is 0 Å². The van der Waals surface area contributed by atoms with Crippen molar-refractivity contribution in [3.63, 3.8) is 0 Å². The predicted molar refractivity (Wildman–Crippen MR) is 106 cm³/mol. The van der Waals surface area contributed by atoms with E-state index >= 15 is 0 Å². The molecule has 3 fully saturated rings. The van der Waals surface area contributed by atoms with Gasteiger partial charge in [0.15, 0.2) is 0 Å². The van der Waals surface area contributed by atoms with E-state index in [1.54, 1.807) is 0 Å². The first-order valence-corrected chi connectivity index (χ1v) is 10.6. The van der Waals surface area contributed by atoms with Crippen LogP contribution in [0.4, 0.5) is 0 Å². The van der Waals surface area contributed by atoms with E-state index in [-0.39, 0.29) is 5.96 Å². The fraction of sp³-hybridized carbons (Fsp3) is 0.900. The summed E-state index contributed by atoms with van der Waals surface area (Å²) in [4.78, 5) is 2.53. The Labute approximate surface area is 158 Å². The standard InChI is InChI=1S/C20H37N5O/c21-19(22)24-23-15-17-3-7-20(8-4-17)9-5-18(6-10-20)16-26-14-13-25-11-1-2-12-25/h15,17-18H,1-14,16H2,(H4,21,22,24). The molecule has 3 rings (SSSR count). The van der Waals surface area contributed by atoms with Crippen molar-refractivity contribution in [1.82, 2.24) is 10.3 Å². The van der Waals surface area contributed by atoms with Gasteiger partial charge in [0.05, 0.1) is 6.61 Å². The van der Waals surface area contributed by atoms with E-state index in [4.69, 9.17) is 15.9 Å². The number of hydrogen-bond acceptors (Lipinski definition) is 4. The third-order valence-electron chi connectivity index (χ3n) is 6.83. The van der Waals surface area contributed by atoms with Crippen molar-refractivity contribution < 1.29 is 4.74 Å². The quantitative estimate of drug-likeness (QED) is 0.281. The minimum Gasteiger partial charge on any atom is -0.380 e. The Morgan fingerprint density at radius 3 is 2.46 bits per heavy atom. The lowest BCUT2D eigenvalue weighted by Crippen LogP contribution is -2.34. The van der Waals surface area contributed by atoms with Crippen LogP contribution in [-0.2, 0) is 4.74 Å². The molecular formula is C20H37N5O. The van der Waals surface area contributed by atoms with E-state index in [2.05, 4.69) is 15.4 Å². The van der Waals surface area contributed by atoms with Gasteiger partial charge in [0, 0.05) is 19.4 Å². The van der Waals surface area contributed by atoms with Crippen LogP contribution in [0.25, 0.3) is 0 Å². The monoisotopic (exact) mass is 363 g/mol. The molecule has 6 heteroatoms. The zero-order valence-corrected chi connectivity index (χ0v) is 16.2. The minimum atomic E-state index is -0.0884. The third-order valence-corrected chi connectivity index (χ3v) is 6.83. The molecule has 2 saturated carbocycles. The number of nitrogens with zero attached hydrogens (tertiary/aromatic N) is 2. The van der Waals surface area contributed by atoms with Gasteiger partial charge in [-0.2, -0.15) is 5.10 Å². The molecule has 1 heterocycles. The maximum atomic E-state index is 7.13. The molecule has 1 saturated heterocycles. The lowest BCUT2D eigenvalue weighted by atomic mass is 9.62. The summed E-state index contributed by atoms with van der Waals surface area (Å²) >= 11 is 0. The van der Waals surface area contributed by atoms with E-state index < -0.39 is 0 Å². The van der Waals surface area contributed by atoms with Crippen molar-refractivity contribution in [3.05, 3.63) is 0 Å². The first-order valence-electron chi connectivity index (χ1n) is 10.6. The Morgan fingerprint density at radius 1 is 1.15 bits per heavy atom. The van der Waals surface area contributed by atoms with Crippen LogP contribution in [0.2, 0.25) is 0 Å². The maximum Gasteiger partial charge on any atom is 0.206 e. The summed E-state index contributed by atoms with van der Waals surface area (Å²) in [5.41, 5.74) is 8.37. The average Bonchev–Trinajstić information content (AvgIpc) is 3.15. The van der Waals surface area contributed by atoms with Crippen molar-refractivity contribution >= 4 is 12.2 Å². The Hall–Kier alpha value is -1.14. The molecule has 2 aliphatic carbocycles. The molecule has 6 nitrogen and oxygen atoms in total. The second-order valence-electron chi connectivity index (χ2n) is 8.71. The highest BCUT2D eigenvalue weighted by Crippen LogP contribution is 2.49. The summed E-state index contributed by atoms with van der Waals surface area (Å²) in [6, 6.07) is 0. The first-order chi connectivity index (χ1) is 12.7. The maximum absolute atomic E-state index is 7.13. The summed E-state index contributed by atoms with van der Waals surface area (Å²) in [7, 11) is 0. The molecule has 0 amide bonds. The summed E-state index contributed by atoms with van der Waals surface area (Å²) in [5, 5.41) is 11.2. The van der Waals surface area contributed by atoms with Crippen LogP contribution in [-0.4, -0.2) is 49.9 Å². The summed E-state index contributed by atoms with van der Waals surface area (Å²) < 4.78 is 6.00. The Bertz CT molecular complexity index is 457. The van der Waals surface area contributed by atoms with Crippen LogP contribution < -0.4 is 11.2 Å². The van der Waals surface area contributed by atoms with Gasteiger partial charge in [0.1, 0.15) is 0 Å². The van der Waals surface area contributed by atoms with E-state index in [1.165, 1.54) is 77.3 Å². The van der Waals surface area contributed by atoms with Crippen molar-refractivity contribution in [3.8, 4) is 0 Å². The van der Waals surface area contributed by atoms with Crippen LogP contribution in [0, 0.1) is 22.7 Å². The SMILES string of the molecule is N=C(N)NN=CC1CCC2(CC1)CCC(COCCN1CCCC1)CC2. The number of hydrogen-bond donors (Lipinski definition) is 3. The molecule has 0 aromatic carbocycles. The average molecular weight is 364 g/mol. The number of guanidine groups is 1. The zero-order valence-electron chi connectivity index (χ0n) is 16.2. The summed E-state index contributed by atoms with van der Waals surface area (Å²) in [6.07, 6.45) is 15.2. The highest BCUT2D eigenvalue weighted by atomic mass is 16.5. The second-order valence-corrected chi connectivity index (χ2v) is 8.71. The van der Waals surface area contributed by atoms with Crippen LogP contribution in [0.15, 0.2) is 5.10 Å². The lowest BCUT2D eigenvalue weighted by Gasteiger charge is -2.44. The Kier molecular flexibility index (Phi) is 7.32. The minimum absolute atomic E-state index is 0.0884. The van der Waals surface area contributed by atoms with Gasteiger partial charge in [-0.25, -0.2) is 5.43 Å². The third kappa shape index (κ3) is 5.95. The second kappa shape index (κ2) is 9.70. The lowest BCUT2D eigenvalue weighted by molar-refractivity contribution is 0.0324. The van der Waals surface area contributed by atoms with Gasteiger partial charge in [0.2, 0.25) is 5.96 Å². The van der Waals surface area contributed by atoms with Gasteiger partial charge in [-0.15, -0.1) is 0 Å². The van der Waals surface area contributed by atoms with Gasteiger partial charge < -0.3 is 15.4 Å². The van der Waals surface area contributed by atoms with Crippen LogP contribution >= 0.6 is 0 Å². The summed E-state index contributed by atoms with van der Waals surface area (Å²) in [5.74, 6) is 1.23. The molecule has 0 unspecified atom stereocenters. The Balaban J connectivity index is 1.28. The Morgan fingerprint density at radius 2 is 1.81 bits per heavy atom. The van der Waals surface area contributed by atoms with Crippen molar-refractivity contribution in [2.24, 2.45) is 28.1 Å². The topological polar surface area (TPSA) is 86.7 Å². The van der Waals surface area contributed by atoms with Gasteiger partial charge in [-0.3, -0.25) is 5.41 Å². The number of nitrogens with two attached hydrogens (primary N) is 1. The molecule has 3 aliphatic rings. The molecule has 0 bridgehead atoms. The highest BCUT2D eigenvalue weighted by molar-refractivity contribution is 5.75. The molecule has 148 valence electrons. The van der Waals surface area contributed by atoms with Crippen molar-refractivity contribution in [1.29, 1.82) is 5.41 Å². The molecule has 0 aromatic heterocycles. The van der Waals surface area contributed by atoms with E-state index in [0.717, 1.165) is 25.7 Å². The van der Waals surface area contributed by atoms with Crippen molar-refractivity contribution in [2.75, 3.05) is 32.8 Å². The molecule has 1 spiro atoms. The fourth-order valence-corrected chi connectivity index (χ4v) is 5.02. The molecule has 0 aromatic rings. The van der Waals surface area contributed by atoms with Crippen molar-refractivity contribution in [2.45, 2.75) is 64.2 Å². The highest BCUT2D eigenvalue weighted by Gasteiger charge is 2.38. The fourth-order valence-electron chi connectivity index (χ4n) is 5.02. The van der Waals surface area contributed by atoms with Gasteiger partial charge >= 0.3 is 0 Å².